The molecule has 102 valence electrons. The van der Waals surface area contributed by atoms with E-state index in [1.807, 2.05) is 12.1 Å². The van der Waals surface area contributed by atoms with Crippen molar-refractivity contribution >= 4 is 0 Å². The lowest BCUT2D eigenvalue weighted by atomic mass is 9.90. The van der Waals surface area contributed by atoms with Crippen molar-refractivity contribution in [3.05, 3.63) is 35.6 Å². The molecule has 0 heterocycles. The van der Waals surface area contributed by atoms with Gasteiger partial charge in [0.05, 0.1) is 0 Å². The number of halogens is 1. The molecule has 0 fully saturated rings. The Morgan fingerprint density at radius 3 is 2.56 bits per heavy atom. The highest BCUT2D eigenvalue weighted by molar-refractivity contribution is 5.18. The number of hydrogen-bond acceptors (Lipinski definition) is 1. The highest BCUT2D eigenvalue weighted by atomic mass is 19.1. The Hall–Kier alpha value is -0.890. The molecule has 0 radical (unpaired) electrons. The summed E-state index contributed by atoms with van der Waals surface area (Å²) in [6.07, 6.45) is 4.47. The van der Waals surface area contributed by atoms with Gasteiger partial charge in [-0.3, -0.25) is 0 Å². The molecule has 1 N–H and O–H groups in total. The van der Waals surface area contributed by atoms with E-state index in [0.29, 0.717) is 12.0 Å². The van der Waals surface area contributed by atoms with Crippen molar-refractivity contribution in [3.8, 4) is 0 Å². The van der Waals surface area contributed by atoms with Gasteiger partial charge in [0.15, 0.2) is 0 Å². The summed E-state index contributed by atoms with van der Waals surface area (Å²) in [6.45, 7) is 7.53. The standard InChI is InChI=1S/C16H26FN/c1-4-6-9-13(3)16(18-5-2)12-14-10-7-8-11-15(14)17/h7-8,10-11,13,16,18H,4-6,9,12H2,1-3H3. The predicted octanol–water partition coefficient (Wildman–Crippen LogP) is 4.17. The minimum absolute atomic E-state index is 0.0805. The zero-order valence-electron chi connectivity index (χ0n) is 11.9. The fraction of sp³-hybridized carbons (Fsp3) is 0.625. The highest BCUT2D eigenvalue weighted by Crippen LogP contribution is 2.18. The normalized spacial score (nSPS) is 14.4. The summed E-state index contributed by atoms with van der Waals surface area (Å²) in [6, 6.07) is 7.49. The average Bonchev–Trinajstić information content (AvgIpc) is 2.38. The van der Waals surface area contributed by atoms with Crippen LogP contribution >= 0.6 is 0 Å². The Bertz CT molecular complexity index is 338. The number of likely N-dealkylation sites (N-methyl/N-ethyl adjacent to an activating group) is 1. The van der Waals surface area contributed by atoms with E-state index < -0.39 is 0 Å². The van der Waals surface area contributed by atoms with Crippen molar-refractivity contribution in [1.29, 1.82) is 0 Å². The second-order valence-corrected chi connectivity index (χ2v) is 5.08. The van der Waals surface area contributed by atoms with Crippen molar-refractivity contribution in [2.24, 2.45) is 5.92 Å². The summed E-state index contributed by atoms with van der Waals surface area (Å²) in [5.74, 6) is 0.507. The number of benzene rings is 1. The Morgan fingerprint density at radius 1 is 1.22 bits per heavy atom. The van der Waals surface area contributed by atoms with E-state index in [1.165, 1.54) is 19.3 Å². The number of unbranched alkanes of at least 4 members (excludes halogenated alkanes) is 1. The van der Waals surface area contributed by atoms with Crippen LogP contribution in [0.4, 0.5) is 4.39 Å². The number of nitrogens with one attached hydrogen (secondary N) is 1. The van der Waals surface area contributed by atoms with Gasteiger partial charge in [0.25, 0.3) is 0 Å². The van der Waals surface area contributed by atoms with Crippen LogP contribution in [0.1, 0.15) is 45.6 Å². The zero-order valence-corrected chi connectivity index (χ0v) is 11.9. The van der Waals surface area contributed by atoms with Gasteiger partial charge in [-0.1, -0.05) is 51.8 Å². The molecule has 0 spiro atoms. The Labute approximate surface area is 111 Å². The van der Waals surface area contributed by atoms with Gasteiger partial charge in [-0.2, -0.15) is 0 Å². The molecule has 1 aromatic rings. The van der Waals surface area contributed by atoms with Crippen LogP contribution in [0.15, 0.2) is 24.3 Å². The topological polar surface area (TPSA) is 12.0 Å². The molecule has 18 heavy (non-hydrogen) atoms. The summed E-state index contributed by atoms with van der Waals surface area (Å²) < 4.78 is 13.7. The third-order valence-electron chi connectivity index (χ3n) is 3.56. The lowest BCUT2D eigenvalue weighted by Crippen LogP contribution is -2.37. The molecule has 0 aromatic heterocycles. The molecule has 1 aromatic carbocycles. The van der Waals surface area contributed by atoms with Gasteiger partial charge in [-0.05, 0) is 36.9 Å². The van der Waals surface area contributed by atoms with Crippen LogP contribution in [-0.2, 0) is 6.42 Å². The van der Waals surface area contributed by atoms with E-state index in [-0.39, 0.29) is 5.82 Å². The second kappa shape index (κ2) is 8.25. The van der Waals surface area contributed by atoms with Gasteiger partial charge >= 0.3 is 0 Å². The van der Waals surface area contributed by atoms with Gasteiger partial charge in [-0.15, -0.1) is 0 Å². The maximum absolute atomic E-state index is 13.7. The fourth-order valence-electron chi connectivity index (χ4n) is 2.36. The van der Waals surface area contributed by atoms with Gasteiger partial charge in [0.2, 0.25) is 0 Å². The highest BCUT2D eigenvalue weighted by Gasteiger charge is 2.17. The Balaban J connectivity index is 2.64. The van der Waals surface area contributed by atoms with Crippen LogP contribution in [0.25, 0.3) is 0 Å². The van der Waals surface area contributed by atoms with Crippen molar-refractivity contribution < 1.29 is 4.39 Å². The second-order valence-electron chi connectivity index (χ2n) is 5.08. The van der Waals surface area contributed by atoms with Crippen LogP contribution in [-0.4, -0.2) is 12.6 Å². The van der Waals surface area contributed by atoms with Crippen molar-refractivity contribution in [1.82, 2.24) is 5.32 Å². The summed E-state index contributed by atoms with van der Waals surface area (Å²) in [5, 5.41) is 3.50. The number of rotatable bonds is 8. The van der Waals surface area contributed by atoms with E-state index in [4.69, 9.17) is 0 Å². The van der Waals surface area contributed by atoms with Crippen molar-refractivity contribution in [2.75, 3.05) is 6.54 Å². The van der Waals surface area contributed by atoms with Crippen LogP contribution in [0, 0.1) is 11.7 Å². The smallest absolute Gasteiger partial charge is 0.126 e. The first kappa shape index (κ1) is 15.2. The first-order valence-corrected chi connectivity index (χ1v) is 7.15. The molecule has 0 aliphatic carbocycles. The van der Waals surface area contributed by atoms with Crippen LogP contribution in [0.2, 0.25) is 0 Å². The minimum atomic E-state index is -0.0805. The van der Waals surface area contributed by atoms with E-state index in [1.54, 1.807) is 12.1 Å². The van der Waals surface area contributed by atoms with Crippen LogP contribution in [0.3, 0.4) is 0 Å². The number of hydrogen-bond donors (Lipinski definition) is 1. The maximum Gasteiger partial charge on any atom is 0.126 e. The van der Waals surface area contributed by atoms with Crippen LogP contribution < -0.4 is 5.32 Å². The van der Waals surface area contributed by atoms with Gasteiger partial charge < -0.3 is 5.32 Å². The Morgan fingerprint density at radius 2 is 1.94 bits per heavy atom. The minimum Gasteiger partial charge on any atom is -0.314 e. The van der Waals surface area contributed by atoms with Crippen molar-refractivity contribution in [3.63, 3.8) is 0 Å². The molecular formula is C16H26FN. The lowest BCUT2D eigenvalue weighted by Gasteiger charge is -2.25. The molecule has 2 atom stereocenters. The summed E-state index contributed by atoms with van der Waals surface area (Å²) in [7, 11) is 0. The molecule has 2 unspecified atom stereocenters. The monoisotopic (exact) mass is 251 g/mol. The summed E-state index contributed by atoms with van der Waals surface area (Å²) in [5.41, 5.74) is 0.826. The summed E-state index contributed by atoms with van der Waals surface area (Å²) >= 11 is 0. The first-order valence-electron chi connectivity index (χ1n) is 7.15. The van der Waals surface area contributed by atoms with Crippen molar-refractivity contribution in [2.45, 2.75) is 52.5 Å². The molecule has 2 heteroatoms. The lowest BCUT2D eigenvalue weighted by molar-refractivity contribution is 0.349. The first-order chi connectivity index (χ1) is 8.69. The molecular weight excluding hydrogens is 225 g/mol. The Kier molecular flexibility index (Phi) is 6.96. The molecule has 0 bridgehead atoms. The van der Waals surface area contributed by atoms with E-state index in [0.717, 1.165) is 18.5 Å². The molecule has 1 rings (SSSR count). The van der Waals surface area contributed by atoms with E-state index in [9.17, 15) is 4.39 Å². The van der Waals surface area contributed by atoms with Gasteiger partial charge in [0, 0.05) is 6.04 Å². The summed E-state index contributed by atoms with van der Waals surface area (Å²) in [4.78, 5) is 0. The van der Waals surface area contributed by atoms with E-state index in [2.05, 4.69) is 26.1 Å². The average molecular weight is 251 g/mol. The predicted molar refractivity (Wildman–Crippen MR) is 76.3 cm³/mol. The maximum atomic E-state index is 13.7. The molecule has 0 saturated carbocycles. The SMILES string of the molecule is CCCCC(C)C(Cc1ccccc1F)NCC. The quantitative estimate of drug-likeness (QED) is 0.731. The third-order valence-corrected chi connectivity index (χ3v) is 3.56. The molecule has 0 aliphatic heterocycles. The zero-order chi connectivity index (χ0) is 13.4. The van der Waals surface area contributed by atoms with Crippen LogP contribution in [0.5, 0.6) is 0 Å². The largest absolute Gasteiger partial charge is 0.314 e. The van der Waals surface area contributed by atoms with Gasteiger partial charge in [0.1, 0.15) is 5.82 Å². The molecule has 0 aliphatic rings. The third kappa shape index (κ3) is 4.77. The fourth-order valence-corrected chi connectivity index (χ4v) is 2.36. The van der Waals surface area contributed by atoms with E-state index >= 15 is 0 Å². The molecule has 1 nitrogen and oxygen atoms in total. The molecule has 0 amide bonds. The van der Waals surface area contributed by atoms with Gasteiger partial charge in [-0.25, -0.2) is 4.39 Å². The molecule has 0 saturated heterocycles.